The van der Waals surface area contributed by atoms with E-state index in [1.165, 1.54) is 40.7 Å². The lowest BCUT2D eigenvalue weighted by molar-refractivity contribution is 0.0678. The molecule has 2 unspecified atom stereocenters. The molecule has 30 heavy (non-hydrogen) atoms. The maximum atomic E-state index is 13.4. The molecule has 0 N–H and O–H groups in total. The SMILES string of the molecule is O=C(c1ccc2c(c1)Cc1ccccc1-2)C1CC2CCC(C1)N2Cc1ccccc1. The third kappa shape index (κ3) is 3.02. The van der Waals surface area contributed by atoms with E-state index >= 15 is 0 Å². The number of benzene rings is 3. The number of Topliss-reactive ketones (excluding diaryl/α,β-unsaturated/α-hetero) is 1. The van der Waals surface area contributed by atoms with Gasteiger partial charge in [0.15, 0.2) is 5.78 Å². The van der Waals surface area contributed by atoms with Crippen LogP contribution in [0.5, 0.6) is 0 Å². The van der Waals surface area contributed by atoms with Crippen LogP contribution in [0, 0.1) is 5.92 Å². The van der Waals surface area contributed by atoms with Crippen LogP contribution in [0.2, 0.25) is 0 Å². The van der Waals surface area contributed by atoms with E-state index in [-0.39, 0.29) is 5.92 Å². The van der Waals surface area contributed by atoms with Gasteiger partial charge in [-0.05, 0) is 66.0 Å². The minimum absolute atomic E-state index is 0.177. The van der Waals surface area contributed by atoms with Gasteiger partial charge in [-0.2, -0.15) is 0 Å². The van der Waals surface area contributed by atoms with Gasteiger partial charge < -0.3 is 0 Å². The molecule has 150 valence electrons. The van der Waals surface area contributed by atoms with Gasteiger partial charge in [0, 0.05) is 30.1 Å². The number of piperidine rings is 1. The summed E-state index contributed by atoms with van der Waals surface area (Å²) in [4.78, 5) is 16.1. The van der Waals surface area contributed by atoms with Crippen molar-refractivity contribution in [1.82, 2.24) is 4.90 Å². The van der Waals surface area contributed by atoms with Crippen molar-refractivity contribution in [3.05, 3.63) is 95.1 Å². The van der Waals surface area contributed by atoms with Gasteiger partial charge >= 0.3 is 0 Å². The van der Waals surface area contributed by atoms with Crippen LogP contribution in [-0.2, 0) is 13.0 Å². The highest BCUT2D eigenvalue weighted by atomic mass is 16.1. The lowest BCUT2D eigenvalue weighted by Crippen LogP contribution is -2.44. The molecule has 0 saturated carbocycles. The summed E-state index contributed by atoms with van der Waals surface area (Å²) in [5, 5.41) is 0. The quantitative estimate of drug-likeness (QED) is 0.403. The zero-order chi connectivity index (χ0) is 20.1. The molecule has 2 aliphatic heterocycles. The minimum Gasteiger partial charge on any atom is -0.294 e. The molecule has 0 aromatic heterocycles. The van der Waals surface area contributed by atoms with Crippen molar-refractivity contribution >= 4 is 5.78 Å². The van der Waals surface area contributed by atoms with E-state index in [0.29, 0.717) is 17.9 Å². The Labute approximate surface area is 178 Å². The van der Waals surface area contributed by atoms with E-state index < -0.39 is 0 Å². The zero-order valence-corrected chi connectivity index (χ0v) is 17.3. The van der Waals surface area contributed by atoms with E-state index in [9.17, 15) is 4.79 Å². The summed E-state index contributed by atoms with van der Waals surface area (Å²) in [7, 11) is 0. The summed E-state index contributed by atoms with van der Waals surface area (Å²) in [6.45, 7) is 1.02. The highest BCUT2D eigenvalue weighted by Crippen LogP contribution is 2.42. The first-order valence-corrected chi connectivity index (χ1v) is 11.3. The maximum Gasteiger partial charge on any atom is 0.166 e. The van der Waals surface area contributed by atoms with Gasteiger partial charge in [-0.1, -0.05) is 66.7 Å². The van der Waals surface area contributed by atoms with E-state index in [2.05, 4.69) is 77.7 Å². The molecule has 1 aliphatic carbocycles. The molecule has 3 aliphatic rings. The second-order valence-corrected chi connectivity index (χ2v) is 9.28. The van der Waals surface area contributed by atoms with Crippen LogP contribution in [0.1, 0.15) is 52.7 Å². The Morgan fingerprint density at radius 2 is 1.50 bits per heavy atom. The Kier molecular flexibility index (Phi) is 4.35. The van der Waals surface area contributed by atoms with E-state index in [1.54, 1.807) is 0 Å². The van der Waals surface area contributed by atoms with Gasteiger partial charge in [-0.25, -0.2) is 0 Å². The van der Waals surface area contributed by atoms with Crippen LogP contribution in [-0.4, -0.2) is 22.8 Å². The second kappa shape index (κ2) is 7.21. The fourth-order valence-corrected chi connectivity index (χ4v) is 6.07. The zero-order valence-electron chi connectivity index (χ0n) is 17.3. The van der Waals surface area contributed by atoms with Crippen LogP contribution < -0.4 is 0 Å². The first kappa shape index (κ1) is 18.1. The number of ketones is 1. The van der Waals surface area contributed by atoms with E-state index in [0.717, 1.165) is 31.4 Å². The molecule has 2 bridgehead atoms. The Bertz CT molecular complexity index is 1090. The molecule has 0 amide bonds. The highest BCUT2D eigenvalue weighted by molar-refractivity contribution is 5.99. The summed E-state index contributed by atoms with van der Waals surface area (Å²) in [5.74, 6) is 0.543. The molecule has 3 aromatic carbocycles. The number of carbonyl (C=O) groups excluding carboxylic acids is 1. The monoisotopic (exact) mass is 393 g/mol. The van der Waals surface area contributed by atoms with Gasteiger partial charge in [0.2, 0.25) is 0 Å². The normalized spacial score (nSPS) is 24.5. The summed E-state index contributed by atoms with van der Waals surface area (Å²) < 4.78 is 0. The standard InChI is InChI=1S/C28H27NO/c30-28(21-10-13-27-22(15-21)14-20-8-4-5-9-26(20)27)23-16-24-11-12-25(17-23)29(24)18-19-6-2-1-3-7-19/h1-10,13,15,23-25H,11-12,14,16-18H2. The van der Waals surface area contributed by atoms with Crippen molar-refractivity contribution < 1.29 is 4.79 Å². The average molecular weight is 394 g/mol. The minimum atomic E-state index is 0.177. The summed E-state index contributed by atoms with van der Waals surface area (Å²) in [5.41, 5.74) is 7.63. The predicted octanol–water partition coefficient (Wildman–Crippen LogP) is 5.88. The lowest BCUT2D eigenvalue weighted by atomic mass is 9.84. The molecule has 0 spiro atoms. The van der Waals surface area contributed by atoms with Crippen LogP contribution in [0.25, 0.3) is 11.1 Å². The van der Waals surface area contributed by atoms with Crippen molar-refractivity contribution in [2.75, 3.05) is 0 Å². The number of rotatable bonds is 4. The Balaban J connectivity index is 1.19. The number of hydrogen-bond donors (Lipinski definition) is 0. The highest BCUT2D eigenvalue weighted by Gasteiger charge is 2.42. The summed E-state index contributed by atoms with van der Waals surface area (Å²) in [6.07, 6.45) is 5.45. The fourth-order valence-electron chi connectivity index (χ4n) is 6.07. The smallest absolute Gasteiger partial charge is 0.166 e. The van der Waals surface area contributed by atoms with Crippen molar-refractivity contribution in [2.24, 2.45) is 5.92 Å². The van der Waals surface area contributed by atoms with Gasteiger partial charge in [0.25, 0.3) is 0 Å². The predicted molar refractivity (Wildman–Crippen MR) is 121 cm³/mol. The van der Waals surface area contributed by atoms with Crippen molar-refractivity contribution in [3.63, 3.8) is 0 Å². The topological polar surface area (TPSA) is 20.3 Å². The molecule has 3 aromatic rings. The lowest BCUT2D eigenvalue weighted by Gasteiger charge is -2.38. The third-order valence-electron chi connectivity index (χ3n) is 7.54. The first-order chi connectivity index (χ1) is 14.8. The van der Waals surface area contributed by atoms with Gasteiger partial charge in [-0.15, -0.1) is 0 Å². The molecular formula is C28H27NO. The van der Waals surface area contributed by atoms with Gasteiger partial charge in [-0.3, -0.25) is 9.69 Å². The fraction of sp³-hybridized carbons (Fsp3) is 0.321. The maximum absolute atomic E-state index is 13.4. The molecule has 2 heteroatoms. The molecule has 2 nitrogen and oxygen atoms in total. The second-order valence-electron chi connectivity index (χ2n) is 9.28. The largest absolute Gasteiger partial charge is 0.294 e. The molecule has 2 saturated heterocycles. The molecule has 0 radical (unpaired) electrons. The van der Waals surface area contributed by atoms with Crippen molar-refractivity contribution in [1.29, 1.82) is 0 Å². The van der Waals surface area contributed by atoms with Gasteiger partial charge in [0.1, 0.15) is 0 Å². The summed E-state index contributed by atoms with van der Waals surface area (Å²) >= 11 is 0. The van der Waals surface area contributed by atoms with Crippen LogP contribution in [0.3, 0.4) is 0 Å². The third-order valence-corrected chi connectivity index (χ3v) is 7.54. The van der Waals surface area contributed by atoms with Crippen molar-refractivity contribution in [2.45, 2.75) is 50.7 Å². The Hall–Kier alpha value is -2.71. The first-order valence-electron chi connectivity index (χ1n) is 11.3. The average Bonchev–Trinajstić information content (AvgIpc) is 3.25. The van der Waals surface area contributed by atoms with Crippen LogP contribution in [0.15, 0.2) is 72.8 Å². The molecule has 2 heterocycles. The van der Waals surface area contributed by atoms with Crippen molar-refractivity contribution in [3.8, 4) is 11.1 Å². The number of fused-ring (bicyclic) bond motifs is 5. The Morgan fingerprint density at radius 1 is 0.800 bits per heavy atom. The molecule has 6 rings (SSSR count). The molecular weight excluding hydrogens is 366 g/mol. The van der Waals surface area contributed by atoms with Crippen LogP contribution >= 0.6 is 0 Å². The van der Waals surface area contributed by atoms with E-state index in [4.69, 9.17) is 0 Å². The number of carbonyl (C=O) groups is 1. The van der Waals surface area contributed by atoms with Gasteiger partial charge in [0.05, 0.1) is 0 Å². The molecule has 2 atom stereocenters. The number of hydrogen-bond acceptors (Lipinski definition) is 2. The Morgan fingerprint density at radius 3 is 2.30 bits per heavy atom. The van der Waals surface area contributed by atoms with Crippen LogP contribution in [0.4, 0.5) is 0 Å². The molecule has 2 fully saturated rings. The summed E-state index contributed by atoms with van der Waals surface area (Å²) in [6, 6.07) is 26.9. The van der Waals surface area contributed by atoms with E-state index in [1.807, 2.05) is 0 Å². The number of nitrogens with zero attached hydrogens (tertiary/aromatic N) is 1.